The summed E-state index contributed by atoms with van der Waals surface area (Å²) in [6.07, 6.45) is 2.41. The second-order valence-corrected chi connectivity index (χ2v) is 4.93. The van der Waals surface area contributed by atoms with Crippen molar-refractivity contribution in [3.05, 3.63) is 29.3 Å². The van der Waals surface area contributed by atoms with Crippen LogP contribution in [0.4, 0.5) is 0 Å². The number of hydrogen-bond acceptors (Lipinski definition) is 2. The summed E-state index contributed by atoms with van der Waals surface area (Å²) in [5.41, 5.74) is 1.94. The van der Waals surface area contributed by atoms with E-state index in [0.717, 1.165) is 24.2 Å². The number of benzene rings is 1. The summed E-state index contributed by atoms with van der Waals surface area (Å²) < 4.78 is 5.67. The smallest absolute Gasteiger partial charge is 0.166 e. The van der Waals surface area contributed by atoms with Crippen LogP contribution >= 0.6 is 0 Å². The van der Waals surface area contributed by atoms with Gasteiger partial charge in [0, 0.05) is 6.42 Å². The maximum absolute atomic E-state index is 12.1. The summed E-state index contributed by atoms with van der Waals surface area (Å²) in [7, 11) is 0. The fraction of sp³-hybridized carbons (Fsp3) is 0.562. The lowest BCUT2D eigenvalue weighted by Gasteiger charge is -2.13. The molecule has 0 aliphatic carbocycles. The molecule has 0 spiro atoms. The molecular weight excluding hydrogens is 224 g/mol. The molecule has 18 heavy (non-hydrogen) atoms. The Morgan fingerprint density at radius 3 is 2.50 bits per heavy atom. The van der Waals surface area contributed by atoms with Gasteiger partial charge in [-0.15, -0.1) is 0 Å². The van der Waals surface area contributed by atoms with Crippen LogP contribution in [-0.2, 0) is 0 Å². The summed E-state index contributed by atoms with van der Waals surface area (Å²) >= 11 is 0. The van der Waals surface area contributed by atoms with Crippen molar-refractivity contribution in [2.75, 3.05) is 6.61 Å². The number of ether oxygens (including phenoxy) is 1. The number of carbonyl (C=O) groups excluding carboxylic acids is 1. The van der Waals surface area contributed by atoms with Gasteiger partial charge in [-0.3, -0.25) is 4.79 Å². The molecule has 0 heterocycles. The lowest BCUT2D eigenvalue weighted by Crippen LogP contribution is -2.06. The van der Waals surface area contributed by atoms with Crippen molar-refractivity contribution in [3.8, 4) is 5.75 Å². The van der Waals surface area contributed by atoms with Crippen LogP contribution in [0.2, 0.25) is 0 Å². The molecule has 2 heteroatoms. The Morgan fingerprint density at radius 1 is 1.22 bits per heavy atom. The quantitative estimate of drug-likeness (QED) is 0.660. The topological polar surface area (TPSA) is 26.3 Å². The molecule has 0 atom stereocenters. The fourth-order valence-electron chi connectivity index (χ4n) is 1.82. The third kappa shape index (κ3) is 3.86. The molecular formula is C16H24O2. The lowest BCUT2D eigenvalue weighted by atomic mass is 9.97. The standard InChI is InChI=1S/C16H24O2/c1-5-7-15(17)14-11-13(12(3)4)8-9-16(14)18-10-6-2/h8-9,11-12H,5-7,10H2,1-4H3. The van der Waals surface area contributed by atoms with Crippen molar-refractivity contribution < 1.29 is 9.53 Å². The molecule has 1 rings (SSSR count). The first-order valence-corrected chi connectivity index (χ1v) is 6.90. The minimum absolute atomic E-state index is 0.186. The van der Waals surface area contributed by atoms with Crippen molar-refractivity contribution >= 4 is 5.78 Å². The van der Waals surface area contributed by atoms with Crippen LogP contribution in [0, 0.1) is 0 Å². The van der Waals surface area contributed by atoms with Crippen molar-refractivity contribution in [1.29, 1.82) is 0 Å². The molecule has 1 aromatic rings. The third-order valence-corrected chi connectivity index (χ3v) is 2.91. The number of hydrogen-bond donors (Lipinski definition) is 0. The first kappa shape index (κ1) is 14.7. The molecule has 0 radical (unpaired) electrons. The van der Waals surface area contributed by atoms with Gasteiger partial charge in [-0.05, 0) is 36.5 Å². The Labute approximate surface area is 110 Å². The first-order valence-electron chi connectivity index (χ1n) is 6.90. The minimum atomic E-state index is 0.186. The summed E-state index contributed by atoms with van der Waals surface area (Å²) in [6.45, 7) is 9.02. The lowest BCUT2D eigenvalue weighted by molar-refractivity contribution is 0.0977. The van der Waals surface area contributed by atoms with E-state index < -0.39 is 0 Å². The highest BCUT2D eigenvalue weighted by Crippen LogP contribution is 2.26. The molecule has 0 aliphatic rings. The molecule has 100 valence electrons. The van der Waals surface area contributed by atoms with Gasteiger partial charge in [-0.1, -0.05) is 33.8 Å². The zero-order chi connectivity index (χ0) is 13.5. The van der Waals surface area contributed by atoms with E-state index in [9.17, 15) is 4.79 Å². The molecule has 0 saturated heterocycles. The van der Waals surface area contributed by atoms with Crippen molar-refractivity contribution in [2.45, 2.75) is 52.9 Å². The molecule has 0 bridgehead atoms. The Balaban J connectivity index is 3.05. The molecule has 0 saturated carbocycles. The second-order valence-electron chi connectivity index (χ2n) is 4.93. The van der Waals surface area contributed by atoms with Gasteiger partial charge in [0.05, 0.1) is 12.2 Å². The largest absolute Gasteiger partial charge is 0.493 e. The van der Waals surface area contributed by atoms with E-state index >= 15 is 0 Å². The van der Waals surface area contributed by atoms with E-state index in [2.05, 4.69) is 26.8 Å². The van der Waals surface area contributed by atoms with Gasteiger partial charge < -0.3 is 4.74 Å². The maximum atomic E-state index is 12.1. The highest BCUT2D eigenvalue weighted by atomic mass is 16.5. The molecule has 0 amide bonds. The molecule has 2 nitrogen and oxygen atoms in total. The van der Waals surface area contributed by atoms with E-state index in [0.29, 0.717) is 18.9 Å². The number of carbonyl (C=O) groups is 1. The molecule has 0 fully saturated rings. The number of Topliss-reactive ketones (excluding diaryl/α,β-unsaturated/α-hetero) is 1. The van der Waals surface area contributed by atoms with Gasteiger partial charge in [0.2, 0.25) is 0 Å². The zero-order valence-electron chi connectivity index (χ0n) is 12.0. The third-order valence-electron chi connectivity index (χ3n) is 2.91. The Kier molecular flexibility index (Phi) is 5.90. The van der Waals surface area contributed by atoms with E-state index in [1.807, 2.05) is 19.1 Å². The molecule has 1 aromatic carbocycles. The Morgan fingerprint density at radius 2 is 1.94 bits per heavy atom. The van der Waals surface area contributed by atoms with Gasteiger partial charge in [0.1, 0.15) is 5.75 Å². The van der Waals surface area contributed by atoms with Gasteiger partial charge in [0.25, 0.3) is 0 Å². The van der Waals surface area contributed by atoms with E-state index in [1.165, 1.54) is 5.56 Å². The monoisotopic (exact) mass is 248 g/mol. The van der Waals surface area contributed by atoms with Crippen LogP contribution in [0.1, 0.15) is 68.8 Å². The summed E-state index contributed by atoms with van der Waals surface area (Å²) in [6, 6.07) is 5.99. The average molecular weight is 248 g/mol. The van der Waals surface area contributed by atoms with Crippen LogP contribution in [0.15, 0.2) is 18.2 Å². The molecule has 0 N–H and O–H groups in total. The Bertz CT molecular complexity index is 394. The number of rotatable bonds is 7. The summed E-state index contributed by atoms with van der Waals surface area (Å²) in [5, 5.41) is 0. The van der Waals surface area contributed by atoms with E-state index in [4.69, 9.17) is 4.74 Å². The molecule has 0 unspecified atom stereocenters. The predicted molar refractivity (Wildman–Crippen MR) is 75.6 cm³/mol. The van der Waals surface area contributed by atoms with Gasteiger partial charge >= 0.3 is 0 Å². The molecule has 0 aliphatic heterocycles. The van der Waals surface area contributed by atoms with Gasteiger partial charge in [-0.2, -0.15) is 0 Å². The van der Waals surface area contributed by atoms with Crippen molar-refractivity contribution in [2.24, 2.45) is 0 Å². The van der Waals surface area contributed by atoms with Gasteiger partial charge in [-0.25, -0.2) is 0 Å². The van der Waals surface area contributed by atoms with E-state index in [1.54, 1.807) is 0 Å². The van der Waals surface area contributed by atoms with Crippen LogP contribution < -0.4 is 4.74 Å². The van der Waals surface area contributed by atoms with E-state index in [-0.39, 0.29) is 5.78 Å². The van der Waals surface area contributed by atoms with Crippen LogP contribution in [0.25, 0.3) is 0 Å². The van der Waals surface area contributed by atoms with Crippen LogP contribution in [0.3, 0.4) is 0 Å². The molecule has 0 aromatic heterocycles. The fourth-order valence-corrected chi connectivity index (χ4v) is 1.82. The first-order chi connectivity index (χ1) is 8.60. The van der Waals surface area contributed by atoms with Crippen molar-refractivity contribution in [1.82, 2.24) is 0 Å². The second kappa shape index (κ2) is 7.20. The predicted octanol–water partition coefficient (Wildman–Crippen LogP) is 4.58. The van der Waals surface area contributed by atoms with Crippen LogP contribution in [0.5, 0.6) is 5.75 Å². The van der Waals surface area contributed by atoms with Gasteiger partial charge in [0.15, 0.2) is 5.78 Å². The Hall–Kier alpha value is -1.31. The average Bonchev–Trinajstić information content (AvgIpc) is 2.36. The SMILES string of the molecule is CCCOc1ccc(C(C)C)cc1C(=O)CCC. The summed E-state index contributed by atoms with van der Waals surface area (Å²) in [5.74, 6) is 1.35. The highest BCUT2D eigenvalue weighted by molar-refractivity contribution is 5.98. The normalized spacial score (nSPS) is 10.7. The minimum Gasteiger partial charge on any atom is -0.493 e. The number of ketones is 1. The van der Waals surface area contributed by atoms with Crippen molar-refractivity contribution in [3.63, 3.8) is 0 Å². The maximum Gasteiger partial charge on any atom is 0.166 e. The van der Waals surface area contributed by atoms with Crippen LogP contribution in [-0.4, -0.2) is 12.4 Å². The zero-order valence-corrected chi connectivity index (χ0v) is 12.0. The highest BCUT2D eigenvalue weighted by Gasteiger charge is 2.13. The summed E-state index contributed by atoms with van der Waals surface area (Å²) in [4.78, 5) is 12.1.